The molecule has 2 amide bonds. The van der Waals surface area contributed by atoms with E-state index >= 15 is 0 Å². The number of hydrogen-bond donors (Lipinski definition) is 2. The van der Waals surface area contributed by atoms with Crippen molar-refractivity contribution >= 4 is 33.7 Å². The summed E-state index contributed by atoms with van der Waals surface area (Å²) in [5, 5.41) is 6.81. The molecule has 3 aromatic rings. The zero-order valence-corrected chi connectivity index (χ0v) is 22.7. The molecule has 38 heavy (non-hydrogen) atoms. The lowest BCUT2D eigenvalue weighted by Crippen LogP contribution is -2.39. The molecule has 0 saturated heterocycles. The Morgan fingerprint density at radius 1 is 0.974 bits per heavy atom. The van der Waals surface area contributed by atoms with Crippen LogP contribution in [0.3, 0.4) is 0 Å². The molecule has 3 aromatic carbocycles. The molecule has 2 N–H and O–H groups in total. The predicted molar refractivity (Wildman–Crippen MR) is 149 cm³/mol. The van der Waals surface area contributed by atoms with Gasteiger partial charge in [0, 0.05) is 0 Å². The van der Waals surface area contributed by atoms with E-state index in [-0.39, 0.29) is 18.6 Å². The molecular weight excluding hydrogens is 504 g/mol. The van der Waals surface area contributed by atoms with Crippen LogP contribution < -0.4 is 19.8 Å². The van der Waals surface area contributed by atoms with E-state index in [0.717, 1.165) is 27.3 Å². The average molecular weight is 537 g/mol. The summed E-state index contributed by atoms with van der Waals surface area (Å²) in [6.45, 7) is 5.06. The SMILES string of the molecule is Cc1cccc(N(CC(=O)NN=Cc2ccc(OCC(=O)NC(C)c3ccccc3)cc2)S(C)(=O)=O)c1C. The second-order valence-electron chi connectivity index (χ2n) is 8.84. The van der Waals surface area contributed by atoms with E-state index in [1.807, 2.05) is 57.2 Å². The Balaban J connectivity index is 1.50. The Morgan fingerprint density at radius 3 is 2.32 bits per heavy atom. The first-order valence-corrected chi connectivity index (χ1v) is 13.8. The molecule has 0 spiro atoms. The van der Waals surface area contributed by atoms with E-state index in [0.29, 0.717) is 17.0 Å². The molecule has 0 fully saturated rings. The Bertz CT molecular complexity index is 1390. The molecule has 200 valence electrons. The van der Waals surface area contributed by atoms with Crippen LogP contribution in [0.2, 0.25) is 0 Å². The fourth-order valence-electron chi connectivity index (χ4n) is 3.64. The average Bonchev–Trinajstić information content (AvgIpc) is 2.88. The Morgan fingerprint density at radius 2 is 1.66 bits per heavy atom. The summed E-state index contributed by atoms with van der Waals surface area (Å²) in [5.74, 6) is -0.312. The highest BCUT2D eigenvalue weighted by Gasteiger charge is 2.22. The number of anilines is 1. The van der Waals surface area contributed by atoms with Crippen molar-refractivity contribution in [2.45, 2.75) is 26.8 Å². The fraction of sp³-hybridized carbons (Fsp3) is 0.250. The van der Waals surface area contributed by atoms with Crippen LogP contribution in [0.5, 0.6) is 5.75 Å². The highest BCUT2D eigenvalue weighted by atomic mass is 32.2. The number of nitrogens with one attached hydrogen (secondary N) is 2. The summed E-state index contributed by atoms with van der Waals surface area (Å²) in [7, 11) is -3.69. The molecule has 1 unspecified atom stereocenters. The molecule has 9 nitrogen and oxygen atoms in total. The highest BCUT2D eigenvalue weighted by molar-refractivity contribution is 7.92. The molecule has 0 saturated carbocycles. The Hall–Kier alpha value is -4.18. The van der Waals surface area contributed by atoms with Crippen molar-refractivity contribution in [1.82, 2.24) is 10.7 Å². The van der Waals surface area contributed by atoms with Gasteiger partial charge in [-0.15, -0.1) is 0 Å². The Kier molecular flexibility index (Phi) is 9.61. The van der Waals surface area contributed by atoms with Crippen molar-refractivity contribution in [3.8, 4) is 5.75 Å². The van der Waals surface area contributed by atoms with Gasteiger partial charge in [0.05, 0.1) is 24.2 Å². The summed E-state index contributed by atoms with van der Waals surface area (Å²) >= 11 is 0. The molecule has 10 heteroatoms. The number of hydrazone groups is 1. The topological polar surface area (TPSA) is 117 Å². The minimum atomic E-state index is -3.69. The van der Waals surface area contributed by atoms with E-state index in [9.17, 15) is 18.0 Å². The van der Waals surface area contributed by atoms with Gasteiger partial charge >= 0.3 is 0 Å². The standard InChI is InChI=1S/C28H32N4O5S/c1-20-9-8-12-26(21(20)2)32(38(4,35)36)18-27(33)31-29-17-23-13-15-25(16-14-23)37-19-28(34)30-22(3)24-10-6-5-7-11-24/h5-17,22H,18-19H2,1-4H3,(H,30,34)(H,31,33). The van der Waals surface area contributed by atoms with E-state index in [1.54, 1.807) is 36.4 Å². The number of benzene rings is 3. The molecule has 0 heterocycles. The van der Waals surface area contributed by atoms with Crippen LogP contribution in [0.1, 0.15) is 35.2 Å². The third-order valence-electron chi connectivity index (χ3n) is 5.86. The number of nitrogens with zero attached hydrogens (tertiary/aromatic N) is 2. The van der Waals surface area contributed by atoms with Crippen molar-refractivity contribution in [2.24, 2.45) is 5.10 Å². The Labute approximate surface area is 223 Å². The summed E-state index contributed by atoms with van der Waals surface area (Å²) in [6.07, 6.45) is 2.49. The van der Waals surface area contributed by atoms with Gasteiger partial charge < -0.3 is 10.1 Å². The number of hydrogen-bond acceptors (Lipinski definition) is 6. The molecule has 0 aliphatic carbocycles. The normalized spacial score (nSPS) is 12.1. The van der Waals surface area contributed by atoms with Gasteiger partial charge in [0.25, 0.3) is 11.8 Å². The first-order valence-electron chi connectivity index (χ1n) is 12.0. The summed E-state index contributed by atoms with van der Waals surface area (Å²) in [4.78, 5) is 24.6. The second kappa shape index (κ2) is 12.9. The molecule has 0 aliphatic heterocycles. The lowest BCUT2D eigenvalue weighted by molar-refractivity contribution is -0.123. The molecule has 0 bridgehead atoms. The van der Waals surface area contributed by atoms with Crippen LogP contribution in [0.4, 0.5) is 5.69 Å². The fourth-order valence-corrected chi connectivity index (χ4v) is 4.55. The number of ether oxygens (including phenoxy) is 1. The van der Waals surface area contributed by atoms with Gasteiger partial charge in [-0.3, -0.25) is 13.9 Å². The van der Waals surface area contributed by atoms with Crippen LogP contribution in [0.25, 0.3) is 0 Å². The lowest BCUT2D eigenvalue weighted by atomic mass is 10.1. The van der Waals surface area contributed by atoms with Gasteiger partial charge in [-0.25, -0.2) is 13.8 Å². The first-order chi connectivity index (χ1) is 18.0. The van der Waals surface area contributed by atoms with Gasteiger partial charge in [0.15, 0.2) is 6.61 Å². The molecule has 0 radical (unpaired) electrons. The largest absolute Gasteiger partial charge is 0.484 e. The van der Waals surface area contributed by atoms with Crippen molar-refractivity contribution in [2.75, 3.05) is 23.7 Å². The summed E-state index contributed by atoms with van der Waals surface area (Å²) < 4.78 is 31.3. The maximum atomic E-state index is 12.4. The van der Waals surface area contributed by atoms with E-state index in [4.69, 9.17) is 4.74 Å². The number of sulfonamides is 1. The number of amides is 2. The van der Waals surface area contributed by atoms with E-state index in [2.05, 4.69) is 15.8 Å². The minimum absolute atomic E-state index is 0.127. The molecule has 1 atom stereocenters. The van der Waals surface area contributed by atoms with Crippen LogP contribution >= 0.6 is 0 Å². The van der Waals surface area contributed by atoms with Crippen molar-refractivity contribution in [3.63, 3.8) is 0 Å². The quantitative estimate of drug-likeness (QED) is 0.288. The van der Waals surface area contributed by atoms with Crippen molar-refractivity contribution in [3.05, 3.63) is 95.1 Å². The number of carbonyl (C=O) groups excluding carboxylic acids is 2. The lowest BCUT2D eigenvalue weighted by Gasteiger charge is -2.23. The third kappa shape index (κ3) is 8.17. The van der Waals surface area contributed by atoms with E-state index < -0.39 is 22.5 Å². The second-order valence-corrected chi connectivity index (χ2v) is 10.7. The van der Waals surface area contributed by atoms with Crippen LogP contribution in [0, 0.1) is 13.8 Å². The first kappa shape index (κ1) is 28.4. The van der Waals surface area contributed by atoms with Crippen LogP contribution in [0.15, 0.2) is 77.9 Å². The third-order valence-corrected chi connectivity index (χ3v) is 6.99. The van der Waals surface area contributed by atoms with Gasteiger partial charge in [0.1, 0.15) is 12.3 Å². The van der Waals surface area contributed by atoms with Crippen LogP contribution in [-0.2, 0) is 19.6 Å². The smallest absolute Gasteiger partial charge is 0.260 e. The van der Waals surface area contributed by atoms with Gasteiger partial charge in [-0.2, -0.15) is 5.10 Å². The number of carbonyl (C=O) groups is 2. The summed E-state index contributed by atoms with van der Waals surface area (Å²) in [6, 6.07) is 21.6. The maximum absolute atomic E-state index is 12.4. The van der Waals surface area contributed by atoms with Crippen LogP contribution in [-0.4, -0.2) is 45.9 Å². The zero-order valence-electron chi connectivity index (χ0n) is 21.8. The molecular formula is C28H32N4O5S. The minimum Gasteiger partial charge on any atom is -0.484 e. The molecule has 0 aliphatic rings. The predicted octanol–water partition coefficient (Wildman–Crippen LogP) is 3.48. The number of rotatable bonds is 11. The molecule has 0 aromatic heterocycles. The van der Waals surface area contributed by atoms with Gasteiger partial charge in [-0.05, 0) is 73.4 Å². The van der Waals surface area contributed by atoms with E-state index in [1.165, 1.54) is 6.21 Å². The van der Waals surface area contributed by atoms with Gasteiger partial charge in [0.2, 0.25) is 10.0 Å². The summed E-state index contributed by atoms with van der Waals surface area (Å²) in [5.41, 5.74) is 6.19. The van der Waals surface area contributed by atoms with Gasteiger partial charge in [-0.1, -0.05) is 42.5 Å². The zero-order chi connectivity index (χ0) is 27.7. The number of aryl methyl sites for hydroxylation is 1. The maximum Gasteiger partial charge on any atom is 0.260 e. The molecule has 3 rings (SSSR count). The van der Waals surface area contributed by atoms with Crippen molar-refractivity contribution < 1.29 is 22.7 Å². The van der Waals surface area contributed by atoms with Crippen molar-refractivity contribution in [1.29, 1.82) is 0 Å². The highest BCUT2D eigenvalue weighted by Crippen LogP contribution is 2.24. The monoisotopic (exact) mass is 536 g/mol.